The lowest BCUT2D eigenvalue weighted by Crippen LogP contribution is -2.21. The van der Waals surface area contributed by atoms with Crippen molar-refractivity contribution < 1.29 is 9.53 Å². The molecule has 2 aromatic carbocycles. The Morgan fingerprint density at radius 1 is 1.03 bits per heavy atom. The van der Waals surface area contributed by atoms with Gasteiger partial charge in [0.25, 0.3) is 0 Å². The Bertz CT molecular complexity index is 978. The molecule has 4 nitrogen and oxygen atoms in total. The van der Waals surface area contributed by atoms with Gasteiger partial charge in [-0.25, -0.2) is 9.78 Å². The first-order chi connectivity index (χ1) is 13.7. The Balaban J connectivity index is 1.99. The molecule has 29 heavy (non-hydrogen) atoms. The second kappa shape index (κ2) is 8.40. The number of nitrogens with zero attached hydrogens (tertiary/aromatic N) is 2. The summed E-state index contributed by atoms with van der Waals surface area (Å²) in [6.45, 7) is 13.2. The standard InChI is InChI=1S/C25H32N2O2/c1-17(2)15-16-29-24(28)18(3)27-22-10-8-7-9-21(22)26-23(27)19-11-13-20(14-12-19)25(4,5)6/h7-14,17-18H,15-16H2,1-6H3. The predicted octanol–water partition coefficient (Wildman–Crippen LogP) is 6.15. The Hall–Kier alpha value is -2.62. The lowest BCUT2D eigenvalue weighted by molar-refractivity contribution is -0.147. The third-order valence-electron chi connectivity index (χ3n) is 5.27. The van der Waals surface area contributed by atoms with Crippen LogP contribution in [-0.4, -0.2) is 22.1 Å². The number of esters is 1. The number of imidazole rings is 1. The highest BCUT2D eigenvalue weighted by Gasteiger charge is 2.24. The third kappa shape index (κ3) is 4.69. The predicted molar refractivity (Wildman–Crippen MR) is 119 cm³/mol. The highest BCUT2D eigenvalue weighted by atomic mass is 16.5. The van der Waals surface area contributed by atoms with Crippen molar-refractivity contribution in [3.63, 3.8) is 0 Å². The third-order valence-corrected chi connectivity index (χ3v) is 5.27. The number of carbonyl (C=O) groups is 1. The van der Waals surface area contributed by atoms with Gasteiger partial charge >= 0.3 is 5.97 Å². The van der Waals surface area contributed by atoms with E-state index in [1.807, 2.05) is 35.8 Å². The fourth-order valence-electron chi connectivity index (χ4n) is 3.38. The van der Waals surface area contributed by atoms with Gasteiger partial charge in [0, 0.05) is 5.56 Å². The van der Waals surface area contributed by atoms with E-state index in [4.69, 9.17) is 9.72 Å². The summed E-state index contributed by atoms with van der Waals surface area (Å²) < 4.78 is 7.55. The van der Waals surface area contributed by atoms with Gasteiger partial charge in [-0.3, -0.25) is 0 Å². The molecule has 0 N–H and O–H groups in total. The molecule has 0 bridgehead atoms. The summed E-state index contributed by atoms with van der Waals surface area (Å²) in [4.78, 5) is 17.6. The van der Waals surface area contributed by atoms with E-state index in [2.05, 4.69) is 58.9 Å². The van der Waals surface area contributed by atoms with Crippen LogP contribution in [0.3, 0.4) is 0 Å². The molecule has 0 aliphatic rings. The molecule has 0 fully saturated rings. The smallest absolute Gasteiger partial charge is 0.328 e. The maximum atomic E-state index is 12.8. The van der Waals surface area contributed by atoms with Crippen LogP contribution in [0.25, 0.3) is 22.4 Å². The molecule has 3 rings (SSSR count). The lowest BCUT2D eigenvalue weighted by atomic mass is 9.86. The van der Waals surface area contributed by atoms with Gasteiger partial charge in [0.15, 0.2) is 0 Å². The molecule has 0 amide bonds. The Labute approximate surface area is 173 Å². The van der Waals surface area contributed by atoms with Gasteiger partial charge in [-0.15, -0.1) is 0 Å². The van der Waals surface area contributed by atoms with Crippen LogP contribution < -0.4 is 0 Å². The minimum atomic E-state index is -0.452. The first-order valence-electron chi connectivity index (χ1n) is 10.4. The van der Waals surface area contributed by atoms with Crippen LogP contribution >= 0.6 is 0 Å². The van der Waals surface area contributed by atoms with E-state index in [1.165, 1.54) is 5.56 Å². The zero-order chi connectivity index (χ0) is 21.2. The van der Waals surface area contributed by atoms with Gasteiger partial charge in [0.05, 0.1) is 17.6 Å². The zero-order valence-corrected chi connectivity index (χ0v) is 18.4. The minimum Gasteiger partial charge on any atom is -0.464 e. The Morgan fingerprint density at radius 2 is 1.69 bits per heavy atom. The first kappa shape index (κ1) is 21.1. The molecule has 154 valence electrons. The van der Waals surface area contributed by atoms with Crippen molar-refractivity contribution in [3.8, 4) is 11.4 Å². The molecule has 3 aromatic rings. The Kier molecular flexibility index (Phi) is 6.11. The number of rotatable bonds is 6. The fraction of sp³-hybridized carbons (Fsp3) is 0.440. The molecule has 0 aliphatic carbocycles. The summed E-state index contributed by atoms with van der Waals surface area (Å²) in [5.41, 5.74) is 4.17. The quantitative estimate of drug-likeness (QED) is 0.473. The number of benzene rings is 2. The van der Waals surface area contributed by atoms with E-state index in [-0.39, 0.29) is 11.4 Å². The second-order valence-corrected chi connectivity index (χ2v) is 9.15. The minimum absolute atomic E-state index is 0.0895. The van der Waals surface area contributed by atoms with Gasteiger partial charge in [-0.1, -0.05) is 71.0 Å². The van der Waals surface area contributed by atoms with Crippen LogP contribution in [0.5, 0.6) is 0 Å². The molecule has 0 aliphatic heterocycles. The molecule has 0 spiro atoms. The monoisotopic (exact) mass is 392 g/mol. The van der Waals surface area contributed by atoms with Crippen LogP contribution in [0.15, 0.2) is 48.5 Å². The van der Waals surface area contributed by atoms with Crippen molar-refractivity contribution in [2.24, 2.45) is 5.92 Å². The van der Waals surface area contributed by atoms with Crippen molar-refractivity contribution in [1.82, 2.24) is 9.55 Å². The maximum absolute atomic E-state index is 12.8. The number of aromatic nitrogens is 2. The molecule has 0 radical (unpaired) electrons. The van der Waals surface area contributed by atoms with Crippen LogP contribution in [0, 0.1) is 5.92 Å². The number of para-hydroxylation sites is 2. The highest BCUT2D eigenvalue weighted by molar-refractivity contribution is 5.84. The molecular weight excluding hydrogens is 360 g/mol. The molecular formula is C25H32N2O2. The molecule has 1 heterocycles. The van der Waals surface area contributed by atoms with E-state index in [0.29, 0.717) is 12.5 Å². The average molecular weight is 393 g/mol. The largest absolute Gasteiger partial charge is 0.464 e. The number of fused-ring (bicyclic) bond motifs is 1. The molecule has 1 unspecified atom stereocenters. The van der Waals surface area contributed by atoms with E-state index in [0.717, 1.165) is 28.8 Å². The molecule has 1 atom stereocenters. The van der Waals surface area contributed by atoms with Crippen molar-refractivity contribution in [2.45, 2.75) is 59.4 Å². The van der Waals surface area contributed by atoms with Gasteiger partial charge in [0.2, 0.25) is 0 Å². The average Bonchev–Trinajstić information content (AvgIpc) is 3.06. The normalized spacial score (nSPS) is 13.1. The molecule has 0 saturated heterocycles. The number of ether oxygens (including phenoxy) is 1. The van der Waals surface area contributed by atoms with E-state index < -0.39 is 6.04 Å². The maximum Gasteiger partial charge on any atom is 0.328 e. The van der Waals surface area contributed by atoms with Gasteiger partial charge in [-0.05, 0) is 42.4 Å². The zero-order valence-electron chi connectivity index (χ0n) is 18.4. The van der Waals surface area contributed by atoms with Crippen molar-refractivity contribution >= 4 is 17.0 Å². The topological polar surface area (TPSA) is 44.1 Å². The van der Waals surface area contributed by atoms with E-state index in [9.17, 15) is 4.79 Å². The lowest BCUT2D eigenvalue weighted by Gasteiger charge is -2.20. The van der Waals surface area contributed by atoms with Crippen LogP contribution in [0.4, 0.5) is 0 Å². The van der Waals surface area contributed by atoms with Crippen LogP contribution in [0.1, 0.15) is 59.6 Å². The number of hydrogen-bond acceptors (Lipinski definition) is 3. The summed E-state index contributed by atoms with van der Waals surface area (Å²) in [5.74, 6) is 1.07. The second-order valence-electron chi connectivity index (χ2n) is 9.15. The molecule has 4 heteroatoms. The summed E-state index contributed by atoms with van der Waals surface area (Å²) in [5, 5.41) is 0. The van der Waals surface area contributed by atoms with E-state index in [1.54, 1.807) is 0 Å². The van der Waals surface area contributed by atoms with Gasteiger partial charge in [-0.2, -0.15) is 0 Å². The van der Waals surface area contributed by atoms with Crippen LogP contribution in [0.2, 0.25) is 0 Å². The number of carbonyl (C=O) groups excluding carboxylic acids is 1. The van der Waals surface area contributed by atoms with Crippen LogP contribution in [-0.2, 0) is 14.9 Å². The van der Waals surface area contributed by atoms with Gasteiger partial charge in [0.1, 0.15) is 11.9 Å². The summed E-state index contributed by atoms with van der Waals surface area (Å²) in [7, 11) is 0. The van der Waals surface area contributed by atoms with Crippen molar-refractivity contribution in [2.75, 3.05) is 6.61 Å². The first-order valence-corrected chi connectivity index (χ1v) is 10.4. The molecule has 1 aromatic heterocycles. The summed E-state index contributed by atoms with van der Waals surface area (Å²) in [6.07, 6.45) is 0.865. The Morgan fingerprint density at radius 3 is 2.31 bits per heavy atom. The fourth-order valence-corrected chi connectivity index (χ4v) is 3.38. The summed E-state index contributed by atoms with van der Waals surface area (Å²) >= 11 is 0. The molecule has 0 saturated carbocycles. The SMILES string of the molecule is CC(C)CCOC(=O)C(C)n1c(-c2ccc(C(C)(C)C)cc2)nc2ccccc21. The highest BCUT2D eigenvalue weighted by Crippen LogP contribution is 2.31. The van der Waals surface area contributed by atoms with Crippen molar-refractivity contribution in [1.29, 1.82) is 0 Å². The van der Waals surface area contributed by atoms with Crippen molar-refractivity contribution in [3.05, 3.63) is 54.1 Å². The van der Waals surface area contributed by atoms with Gasteiger partial charge < -0.3 is 9.30 Å². The summed E-state index contributed by atoms with van der Waals surface area (Å²) in [6, 6.07) is 16.0. The van der Waals surface area contributed by atoms with E-state index >= 15 is 0 Å². The number of hydrogen-bond donors (Lipinski definition) is 0.